The van der Waals surface area contributed by atoms with Crippen molar-refractivity contribution in [3.05, 3.63) is 71.3 Å². The maximum absolute atomic E-state index is 12.8. The summed E-state index contributed by atoms with van der Waals surface area (Å²) < 4.78 is 38.5. The van der Waals surface area contributed by atoms with Crippen molar-refractivity contribution in [3.63, 3.8) is 0 Å². The molecule has 2 aromatic rings. The van der Waals surface area contributed by atoms with E-state index in [-0.39, 0.29) is 12.1 Å². The fraction of sp³-hybridized carbons (Fsp3) is 0.455. The summed E-state index contributed by atoms with van der Waals surface area (Å²) in [5.74, 6) is 0. The van der Waals surface area contributed by atoms with Crippen molar-refractivity contribution in [2.45, 2.75) is 62.5 Å². The predicted octanol–water partition coefficient (Wildman–Crippen LogP) is 5.11. The molecule has 27 heavy (non-hydrogen) atoms. The number of alkyl halides is 3. The molecule has 2 fully saturated rings. The van der Waals surface area contributed by atoms with Crippen LogP contribution in [0, 0.1) is 0 Å². The average Bonchev–Trinajstić information content (AvgIpc) is 2.63. The van der Waals surface area contributed by atoms with Gasteiger partial charge in [0, 0.05) is 18.6 Å². The zero-order valence-corrected chi connectivity index (χ0v) is 15.1. The Morgan fingerprint density at radius 1 is 0.926 bits per heavy atom. The topological polar surface area (TPSA) is 23.5 Å². The monoisotopic (exact) mass is 375 g/mol. The summed E-state index contributed by atoms with van der Waals surface area (Å²) in [5, 5.41) is 11.3. The van der Waals surface area contributed by atoms with Crippen LogP contribution in [0.1, 0.15) is 48.8 Å². The molecule has 2 aliphatic rings. The Hall–Kier alpha value is -1.85. The zero-order chi connectivity index (χ0) is 19.1. The number of hydrogen-bond acceptors (Lipinski definition) is 2. The van der Waals surface area contributed by atoms with E-state index in [0.717, 1.165) is 37.9 Å². The van der Waals surface area contributed by atoms with Gasteiger partial charge in [0.2, 0.25) is 0 Å². The summed E-state index contributed by atoms with van der Waals surface area (Å²) >= 11 is 0. The van der Waals surface area contributed by atoms with Crippen LogP contribution in [0.2, 0.25) is 0 Å². The van der Waals surface area contributed by atoms with Crippen LogP contribution in [-0.2, 0) is 18.3 Å². The molecule has 0 saturated carbocycles. The average molecular weight is 375 g/mol. The van der Waals surface area contributed by atoms with Gasteiger partial charge in [-0.1, -0.05) is 48.9 Å². The molecule has 0 aromatic heterocycles. The Labute approximate surface area is 157 Å². The molecule has 2 unspecified atom stereocenters. The first-order valence-electron chi connectivity index (χ1n) is 9.55. The van der Waals surface area contributed by atoms with Crippen molar-refractivity contribution in [1.82, 2.24) is 4.90 Å². The van der Waals surface area contributed by atoms with Crippen LogP contribution in [0.15, 0.2) is 54.6 Å². The lowest BCUT2D eigenvalue weighted by Crippen LogP contribution is -2.56. The normalized spacial score (nSPS) is 28.9. The standard InChI is InChI=1S/C22H24F3NO/c23-22(24,25)18-11-9-17(10-12-18)21(27)13-19-7-4-8-20(14-21)26(19)15-16-5-2-1-3-6-16/h1-3,5-6,9-12,19-20,27H,4,7-8,13-15H2. The fourth-order valence-electron chi connectivity index (χ4n) is 4.78. The maximum atomic E-state index is 12.8. The molecule has 0 amide bonds. The summed E-state index contributed by atoms with van der Waals surface area (Å²) in [6.07, 6.45) is -0.0254. The second kappa shape index (κ2) is 6.95. The van der Waals surface area contributed by atoms with E-state index in [1.54, 1.807) is 0 Å². The number of halogens is 3. The molecule has 4 rings (SSSR count). The van der Waals surface area contributed by atoms with Gasteiger partial charge in [0.05, 0.1) is 11.2 Å². The van der Waals surface area contributed by atoms with Crippen molar-refractivity contribution in [2.75, 3.05) is 0 Å². The largest absolute Gasteiger partial charge is 0.416 e. The molecule has 0 spiro atoms. The highest BCUT2D eigenvalue weighted by molar-refractivity contribution is 5.30. The van der Waals surface area contributed by atoms with E-state index < -0.39 is 17.3 Å². The van der Waals surface area contributed by atoms with Gasteiger partial charge in [-0.15, -0.1) is 0 Å². The van der Waals surface area contributed by atoms with Gasteiger partial charge in [-0.05, 0) is 48.9 Å². The second-order valence-corrected chi connectivity index (χ2v) is 7.91. The fourth-order valence-corrected chi connectivity index (χ4v) is 4.78. The van der Waals surface area contributed by atoms with E-state index in [9.17, 15) is 18.3 Å². The Balaban J connectivity index is 1.55. The van der Waals surface area contributed by atoms with Gasteiger partial charge in [-0.2, -0.15) is 13.2 Å². The molecule has 2 atom stereocenters. The first-order valence-corrected chi connectivity index (χ1v) is 9.55. The van der Waals surface area contributed by atoms with Gasteiger partial charge in [0.25, 0.3) is 0 Å². The molecule has 2 bridgehead atoms. The Bertz CT molecular complexity index is 758. The number of piperidine rings is 2. The molecule has 1 N–H and O–H groups in total. The van der Waals surface area contributed by atoms with Gasteiger partial charge >= 0.3 is 6.18 Å². The molecule has 2 nitrogen and oxygen atoms in total. The lowest BCUT2D eigenvalue weighted by molar-refractivity contribution is -0.137. The van der Waals surface area contributed by atoms with Crippen LogP contribution < -0.4 is 0 Å². The summed E-state index contributed by atoms with van der Waals surface area (Å²) in [5.41, 5.74) is 0.144. The molecule has 0 radical (unpaired) electrons. The van der Waals surface area contributed by atoms with Gasteiger partial charge < -0.3 is 5.11 Å². The molecular weight excluding hydrogens is 351 g/mol. The second-order valence-electron chi connectivity index (χ2n) is 7.91. The smallest absolute Gasteiger partial charge is 0.385 e. The predicted molar refractivity (Wildman–Crippen MR) is 98.0 cm³/mol. The third-order valence-electron chi connectivity index (χ3n) is 6.12. The lowest BCUT2D eigenvalue weighted by Gasteiger charge is -2.52. The van der Waals surface area contributed by atoms with E-state index in [0.29, 0.717) is 18.4 Å². The third kappa shape index (κ3) is 3.76. The zero-order valence-electron chi connectivity index (χ0n) is 15.1. The number of fused-ring (bicyclic) bond motifs is 2. The highest BCUT2D eigenvalue weighted by Crippen LogP contribution is 2.45. The molecule has 2 aromatic carbocycles. The Kier molecular flexibility index (Phi) is 4.77. The summed E-state index contributed by atoms with van der Waals surface area (Å²) in [6.45, 7) is 0.860. The van der Waals surface area contributed by atoms with E-state index >= 15 is 0 Å². The Morgan fingerprint density at radius 3 is 2.07 bits per heavy atom. The van der Waals surface area contributed by atoms with Crippen molar-refractivity contribution in [1.29, 1.82) is 0 Å². The van der Waals surface area contributed by atoms with E-state index in [4.69, 9.17) is 0 Å². The first kappa shape index (κ1) is 18.5. The highest BCUT2D eigenvalue weighted by Gasteiger charge is 2.46. The van der Waals surface area contributed by atoms with Crippen molar-refractivity contribution in [2.24, 2.45) is 0 Å². The van der Waals surface area contributed by atoms with E-state index in [1.807, 2.05) is 18.2 Å². The number of rotatable bonds is 3. The quantitative estimate of drug-likeness (QED) is 0.806. The number of nitrogens with zero attached hydrogens (tertiary/aromatic N) is 1. The van der Waals surface area contributed by atoms with Gasteiger partial charge in [0.15, 0.2) is 0 Å². The van der Waals surface area contributed by atoms with Crippen LogP contribution in [0.5, 0.6) is 0 Å². The van der Waals surface area contributed by atoms with E-state index in [1.165, 1.54) is 17.7 Å². The first-order chi connectivity index (χ1) is 12.9. The SMILES string of the molecule is OC1(c2ccc(C(F)(F)F)cc2)CC2CCCC(C1)N2Cc1ccccc1. The number of hydrogen-bond donors (Lipinski definition) is 1. The van der Waals surface area contributed by atoms with Crippen LogP contribution in [0.3, 0.4) is 0 Å². The third-order valence-corrected chi connectivity index (χ3v) is 6.12. The van der Waals surface area contributed by atoms with Crippen LogP contribution >= 0.6 is 0 Å². The Morgan fingerprint density at radius 2 is 1.52 bits per heavy atom. The lowest BCUT2D eigenvalue weighted by atomic mass is 9.72. The molecule has 2 heterocycles. The molecule has 0 aliphatic carbocycles. The molecular formula is C22H24F3NO. The molecule has 144 valence electrons. The molecule has 2 saturated heterocycles. The van der Waals surface area contributed by atoms with Crippen LogP contribution in [0.25, 0.3) is 0 Å². The summed E-state index contributed by atoms with van der Waals surface area (Å²) in [6, 6.07) is 15.9. The molecule has 2 aliphatic heterocycles. The van der Waals surface area contributed by atoms with E-state index in [2.05, 4.69) is 17.0 Å². The van der Waals surface area contributed by atoms with Crippen molar-refractivity contribution in [3.8, 4) is 0 Å². The minimum Gasteiger partial charge on any atom is -0.385 e. The van der Waals surface area contributed by atoms with Gasteiger partial charge in [-0.25, -0.2) is 0 Å². The molecule has 5 heteroatoms. The maximum Gasteiger partial charge on any atom is 0.416 e. The number of aliphatic hydroxyl groups is 1. The minimum absolute atomic E-state index is 0.255. The minimum atomic E-state index is -4.35. The van der Waals surface area contributed by atoms with Crippen LogP contribution in [0.4, 0.5) is 13.2 Å². The number of benzene rings is 2. The van der Waals surface area contributed by atoms with Gasteiger partial charge in [-0.3, -0.25) is 4.90 Å². The summed E-state index contributed by atoms with van der Waals surface area (Å²) in [4.78, 5) is 2.48. The highest BCUT2D eigenvalue weighted by atomic mass is 19.4. The van der Waals surface area contributed by atoms with Gasteiger partial charge in [0.1, 0.15) is 0 Å². The van der Waals surface area contributed by atoms with Crippen molar-refractivity contribution < 1.29 is 18.3 Å². The summed E-state index contributed by atoms with van der Waals surface area (Å²) in [7, 11) is 0. The van der Waals surface area contributed by atoms with Crippen molar-refractivity contribution >= 4 is 0 Å². The van der Waals surface area contributed by atoms with Crippen LogP contribution in [-0.4, -0.2) is 22.1 Å².